The van der Waals surface area contributed by atoms with Crippen molar-refractivity contribution >= 4 is 0 Å². The van der Waals surface area contributed by atoms with Crippen LogP contribution in [0.15, 0.2) is 12.2 Å². The van der Waals surface area contributed by atoms with Gasteiger partial charge in [0.15, 0.2) is 0 Å². The van der Waals surface area contributed by atoms with Gasteiger partial charge in [-0.15, -0.1) is 6.58 Å². The molecule has 0 saturated heterocycles. The van der Waals surface area contributed by atoms with Crippen LogP contribution < -0.4 is 0 Å². The first kappa shape index (κ1) is 10.2. The lowest BCUT2D eigenvalue weighted by atomic mass is 9.83. The highest BCUT2D eigenvalue weighted by molar-refractivity contribution is 4.98. The van der Waals surface area contributed by atoms with Gasteiger partial charge in [0.1, 0.15) is 0 Å². The van der Waals surface area contributed by atoms with Crippen molar-refractivity contribution in [2.45, 2.75) is 40.0 Å². The van der Waals surface area contributed by atoms with E-state index in [0.717, 1.165) is 19.3 Å². The number of nitriles is 1. The Hall–Kier alpha value is -0.770. The highest BCUT2D eigenvalue weighted by atomic mass is 14.3. The zero-order valence-corrected chi connectivity index (χ0v) is 7.78. The number of hydrogen-bond acceptors (Lipinski definition) is 1. The Labute approximate surface area is 69.7 Å². The second kappa shape index (κ2) is 4.18. The van der Waals surface area contributed by atoms with Crippen molar-refractivity contribution in [2.24, 2.45) is 5.41 Å². The van der Waals surface area contributed by atoms with Crippen LogP contribution in [0.3, 0.4) is 0 Å². The molecule has 1 atom stereocenters. The summed E-state index contributed by atoms with van der Waals surface area (Å²) in [5.74, 6) is 0. The van der Waals surface area contributed by atoms with E-state index in [1.807, 2.05) is 13.8 Å². The van der Waals surface area contributed by atoms with Gasteiger partial charge < -0.3 is 0 Å². The van der Waals surface area contributed by atoms with E-state index >= 15 is 0 Å². The van der Waals surface area contributed by atoms with Crippen LogP contribution >= 0.6 is 0 Å². The molecular formula is C10H17N. The molecule has 0 N–H and O–H groups in total. The van der Waals surface area contributed by atoms with Gasteiger partial charge in [0.2, 0.25) is 0 Å². The van der Waals surface area contributed by atoms with Gasteiger partial charge in [-0.05, 0) is 33.1 Å². The molecule has 0 rings (SSSR count). The minimum atomic E-state index is -0.140. The smallest absolute Gasteiger partial charge is 0.0686 e. The molecule has 0 bridgehead atoms. The Balaban J connectivity index is 3.91. The molecule has 0 saturated carbocycles. The number of hydrogen-bond donors (Lipinski definition) is 0. The third-order valence-corrected chi connectivity index (χ3v) is 2.15. The summed E-state index contributed by atoms with van der Waals surface area (Å²) in [5.41, 5.74) is 1.03. The fraction of sp³-hybridized carbons (Fsp3) is 0.700. The van der Waals surface area contributed by atoms with Crippen molar-refractivity contribution in [3.05, 3.63) is 12.2 Å². The van der Waals surface area contributed by atoms with Crippen LogP contribution in [-0.2, 0) is 0 Å². The Kier molecular flexibility index (Phi) is 3.89. The summed E-state index contributed by atoms with van der Waals surface area (Å²) in [4.78, 5) is 0. The molecule has 1 heteroatoms. The lowest BCUT2D eigenvalue weighted by Gasteiger charge is -2.18. The first-order valence-electron chi connectivity index (χ1n) is 4.09. The predicted octanol–water partition coefficient (Wildman–Crippen LogP) is 3.28. The fourth-order valence-electron chi connectivity index (χ4n) is 0.801. The van der Waals surface area contributed by atoms with Crippen LogP contribution in [0.4, 0.5) is 0 Å². The maximum absolute atomic E-state index is 8.82. The Morgan fingerprint density at radius 2 is 2.18 bits per heavy atom. The van der Waals surface area contributed by atoms with Crippen molar-refractivity contribution in [1.82, 2.24) is 0 Å². The van der Waals surface area contributed by atoms with E-state index in [1.54, 1.807) is 0 Å². The maximum Gasteiger partial charge on any atom is 0.0686 e. The average molecular weight is 151 g/mol. The van der Waals surface area contributed by atoms with Crippen molar-refractivity contribution in [3.8, 4) is 6.07 Å². The topological polar surface area (TPSA) is 23.8 Å². The van der Waals surface area contributed by atoms with Gasteiger partial charge in [-0.1, -0.05) is 12.5 Å². The van der Waals surface area contributed by atoms with Gasteiger partial charge in [-0.25, -0.2) is 0 Å². The van der Waals surface area contributed by atoms with Crippen molar-refractivity contribution in [3.63, 3.8) is 0 Å². The molecule has 1 unspecified atom stereocenters. The molecule has 0 aromatic rings. The molecule has 0 aliphatic rings. The fourth-order valence-corrected chi connectivity index (χ4v) is 0.801. The molecule has 0 aliphatic carbocycles. The zero-order valence-electron chi connectivity index (χ0n) is 7.78. The summed E-state index contributed by atoms with van der Waals surface area (Å²) in [6, 6.07) is 2.34. The standard InChI is InChI=1S/C10H17N/c1-5-10(4,8-11)7-6-9(2)3/h2,5-7H2,1,3-4H3. The average Bonchev–Trinajstić information content (AvgIpc) is 2.00. The highest BCUT2D eigenvalue weighted by Crippen LogP contribution is 2.27. The highest BCUT2D eigenvalue weighted by Gasteiger charge is 2.20. The Morgan fingerprint density at radius 1 is 1.64 bits per heavy atom. The summed E-state index contributed by atoms with van der Waals surface area (Å²) in [6.07, 6.45) is 2.84. The largest absolute Gasteiger partial charge is 0.198 e. The van der Waals surface area contributed by atoms with Crippen LogP contribution in [0.1, 0.15) is 40.0 Å². The summed E-state index contributed by atoms with van der Waals surface area (Å²) < 4.78 is 0. The Morgan fingerprint density at radius 3 is 2.45 bits per heavy atom. The third kappa shape index (κ3) is 3.83. The van der Waals surface area contributed by atoms with Crippen LogP contribution in [0.25, 0.3) is 0 Å². The predicted molar refractivity (Wildman–Crippen MR) is 48.1 cm³/mol. The van der Waals surface area contributed by atoms with E-state index < -0.39 is 0 Å². The minimum absolute atomic E-state index is 0.140. The van der Waals surface area contributed by atoms with Gasteiger partial charge in [-0.3, -0.25) is 0 Å². The monoisotopic (exact) mass is 151 g/mol. The molecule has 0 spiro atoms. The zero-order chi connectivity index (χ0) is 8.91. The van der Waals surface area contributed by atoms with Gasteiger partial charge >= 0.3 is 0 Å². The normalized spacial score (nSPS) is 15.1. The molecule has 0 heterocycles. The number of nitrogens with zero attached hydrogens (tertiary/aromatic N) is 1. The molecule has 11 heavy (non-hydrogen) atoms. The molecule has 1 nitrogen and oxygen atoms in total. The first-order valence-corrected chi connectivity index (χ1v) is 4.09. The molecule has 0 amide bonds. The van der Waals surface area contributed by atoms with Gasteiger partial charge in [0, 0.05) is 0 Å². The van der Waals surface area contributed by atoms with Crippen LogP contribution in [0.5, 0.6) is 0 Å². The van der Waals surface area contributed by atoms with Crippen molar-refractivity contribution in [2.75, 3.05) is 0 Å². The summed E-state index contributed by atoms with van der Waals surface area (Å²) in [7, 11) is 0. The second-order valence-electron chi connectivity index (χ2n) is 3.48. The van der Waals surface area contributed by atoms with E-state index in [1.165, 1.54) is 5.57 Å². The summed E-state index contributed by atoms with van der Waals surface area (Å²) in [6.45, 7) is 9.89. The Bertz CT molecular complexity index is 176. The first-order chi connectivity index (χ1) is 5.04. The van der Waals surface area contributed by atoms with E-state index in [9.17, 15) is 0 Å². The molecule has 0 aromatic carbocycles. The number of allylic oxidation sites excluding steroid dienone is 1. The second-order valence-corrected chi connectivity index (χ2v) is 3.48. The lowest BCUT2D eigenvalue weighted by molar-refractivity contribution is 0.390. The van der Waals surface area contributed by atoms with Crippen molar-refractivity contribution < 1.29 is 0 Å². The van der Waals surface area contributed by atoms with E-state index in [-0.39, 0.29) is 5.41 Å². The minimum Gasteiger partial charge on any atom is -0.198 e. The van der Waals surface area contributed by atoms with Crippen LogP contribution in [0.2, 0.25) is 0 Å². The molecule has 0 radical (unpaired) electrons. The molecule has 0 fully saturated rings. The third-order valence-electron chi connectivity index (χ3n) is 2.15. The van der Waals surface area contributed by atoms with Crippen LogP contribution in [-0.4, -0.2) is 0 Å². The van der Waals surface area contributed by atoms with Crippen molar-refractivity contribution in [1.29, 1.82) is 5.26 Å². The molecular weight excluding hydrogens is 134 g/mol. The van der Waals surface area contributed by atoms with Gasteiger partial charge in [-0.2, -0.15) is 5.26 Å². The summed E-state index contributed by atoms with van der Waals surface area (Å²) in [5, 5.41) is 8.82. The van der Waals surface area contributed by atoms with E-state index in [4.69, 9.17) is 5.26 Å². The lowest BCUT2D eigenvalue weighted by Crippen LogP contribution is -2.11. The summed E-state index contributed by atoms with van der Waals surface area (Å²) >= 11 is 0. The van der Waals surface area contributed by atoms with Crippen LogP contribution in [0, 0.1) is 16.7 Å². The molecule has 0 aliphatic heterocycles. The van der Waals surface area contributed by atoms with Gasteiger partial charge in [0.25, 0.3) is 0 Å². The van der Waals surface area contributed by atoms with E-state index in [2.05, 4.69) is 19.6 Å². The van der Waals surface area contributed by atoms with E-state index in [0.29, 0.717) is 0 Å². The molecule has 62 valence electrons. The SMILES string of the molecule is C=C(C)CCC(C)(C#N)CC. The maximum atomic E-state index is 8.82. The van der Waals surface area contributed by atoms with Gasteiger partial charge in [0.05, 0.1) is 11.5 Å². The number of rotatable bonds is 4. The molecule has 0 aromatic heterocycles. The quantitative estimate of drug-likeness (QED) is 0.566.